The third-order valence-corrected chi connectivity index (χ3v) is 6.55. The summed E-state index contributed by atoms with van der Waals surface area (Å²) in [5.74, 6) is -1.30. The molecule has 34 heavy (non-hydrogen) atoms. The summed E-state index contributed by atoms with van der Waals surface area (Å²) in [6.07, 6.45) is -5.02. The zero-order valence-corrected chi connectivity index (χ0v) is 20.0. The van der Waals surface area contributed by atoms with Crippen LogP contribution in [0, 0.1) is 0 Å². The molecule has 2 heterocycles. The maximum Gasteiger partial charge on any atom is 0.494 e. The fourth-order valence-electron chi connectivity index (χ4n) is 3.76. The van der Waals surface area contributed by atoms with Gasteiger partial charge in [-0.05, 0) is 57.4 Å². The van der Waals surface area contributed by atoms with Crippen molar-refractivity contribution in [1.82, 2.24) is 5.01 Å². The maximum atomic E-state index is 14.5. The SMILES string of the molecule is CC(=O)N1N=C(c2ccc(B3OC(C)(C)C(C)(C)O3)cc2)OC1(c1cccc(Cl)c1)C(F)(F)F. The van der Waals surface area contributed by atoms with Crippen LogP contribution in [0.25, 0.3) is 0 Å². The zero-order valence-electron chi connectivity index (χ0n) is 19.2. The van der Waals surface area contributed by atoms with Crippen LogP contribution in [0.1, 0.15) is 45.7 Å². The number of halogens is 4. The molecule has 1 saturated heterocycles. The predicted molar refractivity (Wildman–Crippen MR) is 121 cm³/mol. The number of rotatable bonds is 3. The van der Waals surface area contributed by atoms with Crippen LogP contribution in [0.2, 0.25) is 5.02 Å². The van der Waals surface area contributed by atoms with Gasteiger partial charge in [-0.15, -0.1) is 5.10 Å². The Morgan fingerprint density at radius 2 is 1.62 bits per heavy atom. The van der Waals surface area contributed by atoms with Crippen molar-refractivity contribution in [1.29, 1.82) is 0 Å². The number of nitrogens with zero attached hydrogens (tertiary/aromatic N) is 2. The number of ether oxygens (including phenoxy) is 1. The predicted octanol–water partition coefficient (Wildman–Crippen LogP) is 4.59. The summed E-state index contributed by atoms with van der Waals surface area (Å²) in [5, 5.41) is 4.28. The Labute approximate surface area is 200 Å². The molecule has 180 valence electrons. The van der Waals surface area contributed by atoms with E-state index in [-0.39, 0.29) is 22.0 Å². The fraction of sp³-hybridized carbons (Fsp3) is 0.391. The largest absolute Gasteiger partial charge is 0.494 e. The van der Waals surface area contributed by atoms with Gasteiger partial charge in [-0.1, -0.05) is 35.9 Å². The third-order valence-electron chi connectivity index (χ3n) is 6.31. The smallest absolute Gasteiger partial charge is 0.433 e. The van der Waals surface area contributed by atoms with Crippen LogP contribution in [-0.4, -0.2) is 41.3 Å². The van der Waals surface area contributed by atoms with Crippen LogP contribution in [-0.2, 0) is 24.6 Å². The van der Waals surface area contributed by atoms with E-state index >= 15 is 0 Å². The van der Waals surface area contributed by atoms with Crippen LogP contribution in [0.3, 0.4) is 0 Å². The summed E-state index contributed by atoms with van der Waals surface area (Å²) in [5.41, 5.74) is -3.67. The zero-order chi connectivity index (χ0) is 25.1. The lowest BCUT2D eigenvalue weighted by molar-refractivity contribution is -0.299. The van der Waals surface area contributed by atoms with Gasteiger partial charge < -0.3 is 14.0 Å². The Bertz CT molecular complexity index is 1140. The summed E-state index contributed by atoms with van der Waals surface area (Å²) in [6, 6.07) is 11.5. The molecule has 0 aliphatic carbocycles. The minimum absolute atomic E-state index is 0.0634. The number of hydrogen-bond acceptors (Lipinski definition) is 5. The first-order valence-corrected chi connectivity index (χ1v) is 10.9. The van der Waals surface area contributed by atoms with E-state index in [2.05, 4.69) is 5.10 Å². The number of hydrazone groups is 1. The van der Waals surface area contributed by atoms with Gasteiger partial charge in [-0.2, -0.15) is 18.2 Å². The fourth-order valence-corrected chi connectivity index (χ4v) is 3.95. The molecule has 0 N–H and O–H groups in total. The normalized spacial score (nSPS) is 23.6. The number of benzene rings is 2. The summed E-state index contributed by atoms with van der Waals surface area (Å²) in [4.78, 5) is 12.3. The van der Waals surface area contributed by atoms with Crippen molar-refractivity contribution in [2.75, 3.05) is 0 Å². The summed E-state index contributed by atoms with van der Waals surface area (Å²) < 4.78 is 60.9. The average Bonchev–Trinajstić information content (AvgIpc) is 3.24. The number of carbonyl (C=O) groups excluding carboxylic acids is 1. The molecule has 2 aromatic rings. The van der Waals surface area contributed by atoms with Crippen molar-refractivity contribution in [3.8, 4) is 0 Å². The van der Waals surface area contributed by atoms with E-state index < -0.39 is 36.1 Å². The molecule has 1 fully saturated rings. The molecule has 0 saturated carbocycles. The highest BCUT2D eigenvalue weighted by Crippen LogP contribution is 2.49. The topological polar surface area (TPSA) is 60.4 Å². The molecular weight excluding hydrogens is 472 g/mol. The Morgan fingerprint density at radius 3 is 2.12 bits per heavy atom. The van der Waals surface area contributed by atoms with Crippen LogP contribution >= 0.6 is 11.6 Å². The van der Waals surface area contributed by atoms with Gasteiger partial charge in [0.25, 0.3) is 0 Å². The van der Waals surface area contributed by atoms with Crippen molar-refractivity contribution in [3.63, 3.8) is 0 Å². The first kappa shape index (κ1) is 24.6. The molecule has 2 aromatic carbocycles. The highest BCUT2D eigenvalue weighted by Gasteiger charge is 2.67. The van der Waals surface area contributed by atoms with Crippen molar-refractivity contribution in [2.45, 2.75) is 57.7 Å². The van der Waals surface area contributed by atoms with Gasteiger partial charge in [0, 0.05) is 23.1 Å². The molecule has 0 spiro atoms. The summed E-state index contributed by atoms with van der Waals surface area (Å²) in [7, 11) is -0.639. The Kier molecular flexibility index (Phi) is 5.78. The van der Waals surface area contributed by atoms with E-state index in [9.17, 15) is 18.0 Å². The van der Waals surface area contributed by atoms with Crippen molar-refractivity contribution < 1.29 is 32.0 Å². The monoisotopic (exact) mass is 494 g/mol. The minimum Gasteiger partial charge on any atom is -0.433 e. The minimum atomic E-state index is -5.02. The van der Waals surface area contributed by atoms with Gasteiger partial charge in [0.2, 0.25) is 11.8 Å². The molecule has 0 radical (unpaired) electrons. The van der Waals surface area contributed by atoms with Gasteiger partial charge >= 0.3 is 19.0 Å². The van der Waals surface area contributed by atoms with Gasteiger partial charge in [0.05, 0.1) is 11.2 Å². The molecule has 2 aliphatic rings. The highest BCUT2D eigenvalue weighted by molar-refractivity contribution is 6.62. The number of alkyl halides is 3. The molecule has 1 amide bonds. The highest BCUT2D eigenvalue weighted by atomic mass is 35.5. The third kappa shape index (κ3) is 3.87. The second kappa shape index (κ2) is 8.00. The standard InChI is InChI=1S/C23H23BClF3N2O4/c1-14(31)30-22(23(26,27)28,16-7-6-8-18(25)13-16)32-19(29-30)15-9-11-17(12-10-15)24-33-20(2,3)21(4,5)34-24/h6-13H,1-5H3. The van der Waals surface area contributed by atoms with Crippen molar-refractivity contribution >= 4 is 36.0 Å². The summed E-state index contributed by atoms with van der Waals surface area (Å²) >= 11 is 5.95. The van der Waals surface area contributed by atoms with Crippen molar-refractivity contribution in [2.24, 2.45) is 5.10 Å². The molecule has 0 aromatic heterocycles. The first-order chi connectivity index (χ1) is 15.7. The van der Waals surface area contributed by atoms with Crippen LogP contribution < -0.4 is 5.46 Å². The van der Waals surface area contributed by atoms with E-state index in [0.29, 0.717) is 10.5 Å². The van der Waals surface area contributed by atoms with E-state index in [1.54, 1.807) is 24.3 Å². The van der Waals surface area contributed by atoms with Gasteiger partial charge in [0.1, 0.15) is 0 Å². The van der Waals surface area contributed by atoms with Gasteiger partial charge in [-0.3, -0.25) is 4.79 Å². The van der Waals surface area contributed by atoms with Crippen LogP contribution in [0.4, 0.5) is 13.2 Å². The lowest BCUT2D eigenvalue weighted by Crippen LogP contribution is -2.54. The molecule has 1 unspecified atom stereocenters. The van der Waals surface area contributed by atoms with E-state index in [1.807, 2.05) is 27.7 Å². The van der Waals surface area contributed by atoms with E-state index in [0.717, 1.165) is 13.0 Å². The number of carbonyl (C=O) groups is 1. The Hall–Kier alpha value is -2.56. The number of hydrogen-bond donors (Lipinski definition) is 0. The molecule has 0 bridgehead atoms. The second-order valence-corrected chi connectivity index (χ2v) is 9.64. The molecule has 11 heteroatoms. The molecule has 2 aliphatic heterocycles. The maximum absolute atomic E-state index is 14.5. The van der Waals surface area contributed by atoms with E-state index in [1.165, 1.54) is 18.2 Å². The quantitative estimate of drug-likeness (QED) is 0.586. The van der Waals surface area contributed by atoms with Crippen LogP contribution in [0.5, 0.6) is 0 Å². The first-order valence-electron chi connectivity index (χ1n) is 10.6. The lowest BCUT2D eigenvalue weighted by atomic mass is 9.79. The molecule has 4 rings (SSSR count). The second-order valence-electron chi connectivity index (χ2n) is 9.20. The van der Waals surface area contributed by atoms with Crippen molar-refractivity contribution in [3.05, 3.63) is 64.7 Å². The van der Waals surface area contributed by atoms with Crippen LogP contribution in [0.15, 0.2) is 53.6 Å². The Balaban J connectivity index is 1.70. The molecular formula is C23H23BClF3N2O4. The van der Waals surface area contributed by atoms with Gasteiger partial charge in [0.15, 0.2) is 0 Å². The number of amides is 1. The molecule has 6 nitrogen and oxygen atoms in total. The molecule has 1 atom stereocenters. The average molecular weight is 495 g/mol. The van der Waals surface area contributed by atoms with E-state index in [4.69, 9.17) is 25.6 Å². The summed E-state index contributed by atoms with van der Waals surface area (Å²) in [6.45, 7) is 8.68. The van der Waals surface area contributed by atoms with Gasteiger partial charge in [-0.25, -0.2) is 0 Å². The Morgan fingerprint density at radius 1 is 1.03 bits per heavy atom. The lowest BCUT2D eigenvalue weighted by Gasteiger charge is -2.36.